The van der Waals surface area contributed by atoms with E-state index in [4.69, 9.17) is 0 Å². The van der Waals surface area contributed by atoms with E-state index in [0.29, 0.717) is 0 Å². The Labute approximate surface area is 129 Å². The van der Waals surface area contributed by atoms with E-state index in [-0.39, 0.29) is 5.92 Å². The summed E-state index contributed by atoms with van der Waals surface area (Å²) in [5.41, 5.74) is 1.23. The zero-order valence-electron chi connectivity index (χ0n) is 13.0. The summed E-state index contributed by atoms with van der Waals surface area (Å²) in [6.45, 7) is 7.54. The minimum Gasteiger partial charge on any atom is -0.390 e. The van der Waals surface area contributed by atoms with Crippen molar-refractivity contribution < 1.29 is 9.32 Å². The van der Waals surface area contributed by atoms with E-state index in [0.717, 1.165) is 20.9 Å². The zero-order chi connectivity index (χ0) is 15.6. The predicted octanol–water partition coefficient (Wildman–Crippen LogP) is 4.04. The van der Waals surface area contributed by atoms with Gasteiger partial charge in [0.2, 0.25) is 0 Å². The van der Waals surface area contributed by atoms with Gasteiger partial charge in [-0.05, 0) is 44.5 Å². The Morgan fingerprint density at radius 1 is 1.05 bits per heavy atom. The predicted molar refractivity (Wildman–Crippen MR) is 87.0 cm³/mol. The van der Waals surface area contributed by atoms with Gasteiger partial charge in [-0.15, -0.1) is 0 Å². The molecule has 2 aromatic rings. The third kappa shape index (κ3) is 3.60. The summed E-state index contributed by atoms with van der Waals surface area (Å²) in [6, 6.07) is 15.4. The summed E-state index contributed by atoms with van der Waals surface area (Å²) in [5.74, 6) is -0.0944. The number of benzene rings is 2. The molecule has 0 radical (unpaired) electrons. The number of hydrogen-bond donors (Lipinski definition) is 1. The lowest BCUT2D eigenvalue weighted by atomic mass is 9.86. The molecule has 0 aromatic heterocycles. The van der Waals surface area contributed by atoms with Crippen LogP contribution in [0.1, 0.15) is 37.8 Å². The van der Waals surface area contributed by atoms with Crippen molar-refractivity contribution >= 4 is 10.8 Å². The highest BCUT2D eigenvalue weighted by Gasteiger charge is 2.27. The Morgan fingerprint density at radius 3 is 2.19 bits per heavy atom. The molecule has 0 spiro atoms. The molecule has 21 heavy (non-hydrogen) atoms. The third-order valence-electron chi connectivity index (χ3n) is 3.88. The van der Waals surface area contributed by atoms with Gasteiger partial charge in [0.05, 0.1) is 16.4 Å². The molecule has 2 atom stereocenters. The van der Waals surface area contributed by atoms with Crippen molar-refractivity contribution in [2.45, 2.75) is 49.0 Å². The van der Waals surface area contributed by atoms with Crippen LogP contribution >= 0.6 is 0 Å². The lowest BCUT2D eigenvalue weighted by molar-refractivity contribution is 0.0550. The largest absolute Gasteiger partial charge is 0.390 e. The van der Waals surface area contributed by atoms with Gasteiger partial charge in [0, 0.05) is 15.7 Å². The first kappa shape index (κ1) is 15.9. The molecule has 2 aromatic carbocycles. The number of rotatable bonds is 4. The van der Waals surface area contributed by atoms with Crippen LogP contribution in [0.2, 0.25) is 0 Å². The molecule has 0 amide bonds. The van der Waals surface area contributed by atoms with E-state index in [9.17, 15) is 9.32 Å². The van der Waals surface area contributed by atoms with Gasteiger partial charge in [-0.25, -0.2) is 4.21 Å². The first-order valence-electron chi connectivity index (χ1n) is 7.10. The average Bonchev–Trinajstić information content (AvgIpc) is 2.45. The fourth-order valence-corrected chi connectivity index (χ4v) is 3.47. The smallest absolute Gasteiger partial charge is 0.0852 e. The number of aliphatic hydroxyl groups is 1. The van der Waals surface area contributed by atoms with Crippen LogP contribution in [0.3, 0.4) is 0 Å². The topological polar surface area (TPSA) is 37.3 Å². The van der Waals surface area contributed by atoms with Crippen LogP contribution in [0.4, 0.5) is 0 Å². The Kier molecular flexibility index (Phi) is 4.64. The molecule has 1 unspecified atom stereocenters. The van der Waals surface area contributed by atoms with E-state index in [2.05, 4.69) is 0 Å². The number of hydrogen-bond acceptors (Lipinski definition) is 2. The number of aryl methyl sites for hydroxylation is 1. The highest BCUT2D eigenvalue weighted by Crippen LogP contribution is 2.32. The summed E-state index contributed by atoms with van der Waals surface area (Å²) in [4.78, 5) is 1.56. The van der Waals surface area contributed by atoms with Crippen LogP contribution in [-0.2, 0) is 10.8 Å². The van der Waals surface area contributed by atoms with Crippen LogP contribution in [0, 0.1) is 6.92 Å². The van der Waals surface area contributed by atoms with E-state index in [1.165, 1.54) is 0 Å². The Hall–Kier alpha value is -1.45. The molecule has 0 bridgehead atoms. The maximum absolute atomic E-state index is 12.8. The first-order chi connectivity index (χ1) is 9.80. The van der Waals surface area contributed by atoms with Gasteiger partial charge < -0.3 is 5.11 Å². The molecule has 0 saturated heterocycles. The fourth-order valence-electron chi connectivity index (χ4n) is 2.18. The maximum Gasteiger partial charge on any atom is 0.0852 e. The normalized spacial score (nSPS) is 14.7. The van der Waals surface area contributed by atoms with Gasteiger partial charge in [0.15, 0.2) is 0 Å². The lowest BCUT2D eigenvalue weighted by Gasteiger charge is -2.27. The van der Waals surface area contributed by atoms with Crippen LogP contribution in [0.5, 0.6) is 0 Å². The monoisotopic (exact) mass is 302 g/mol. The van der Waals surface area contributed by atoms with Crippen LogP contribution < -0.4 is 0 Å². The van der Waals surface area contributed by atoms with Gasteiger partial charge in [0.25, 0.3) is 0 Å². The second kappa shape index (κ2) is 6.12. The maximum atomic E-state index is 12.8. The SMILES string of the molecule is Cc1ccc(S(=O)c2ccccc2[C@H](C)C(C)(C)O)cc1. The molecular weight excluding hydrogens is 280 g/mol. The summed E-state index contributed by atoms with van der Waals surface area (Å²) < 4.78 is 12.8. The fraction of sp³-hybridized carbons (Fsp3) is 0.333. The van der Waals surface area contributed by atoms with Crippen molar-refractivity contribution in [1.82, 2.24) is 0 Å². The molecule has 0 fully saturated rings. The van der Waals surface area contributed by atoms with Crippen molar-refractivity contribution in [2.24, 2.45) is 0 Å². The van der Waals surface area contributed by atoms with Crippen molar-refractivity contribution in [3.05, 3.63) is 59.7 Å². The molecule has 2 rings (SSSR count). The lowest BCUT2D eigenvalue weighted by Crippen LogP contribution is -2.27. The Bertz CT molecular complexity index is 639. The van der Waals surface area contributed by atoms with E-state index >= 15 is 0 Å². The van der Waals surface area contributed by atoms with Crippen molar-refractivity contribution in [1.29, 1.82) is 0 Å². The van der Waals surface area contributed by atoms with E-state index in [1.54, 1.807) is 13.8 Å². The minimum absolute atomic E-state index is 0.0944. The minimum atomic E-state index is -1.23. The van der Waals surface area contributed by atoms with Gasteiger partial charge in [-0.1, -0.05) is 42.8 Å². The van der Waals surface area contributed by atoms with E-state index in [1.807, 2.05) is 62.4 Å². The van der Waals surface area contributed by atoms with Gasteiger partial charge in [-0.3, -0.25) is 0 Å². The standard InChI is InChI=1S/C18H22O2S/c1-13-9-11-15(12-10-13)21(20)17-8-6-5-7-16(17)14(2)18(3,4)19/h5-12,14,19H,1-4H3/t14-,21?/m0/s1. The second-order valence-corrected chi connectivity index (χ2v) is 7.44. The van der Waals surface area contributed by atoms with Crippen molar-refractivity contribution in [2.75, 3.05) is 0 Å². The quantitative estimate of drug-likeness (QED) is 0.925. The molecule has 112 valence electrons. The van der Waals surface area contributed by atoms with Crippen LogP contribution in [0.25, 0.3) is 0 Å². The van der Waals surface area contributed by atoms with Gasteiger partial charge in [0.1, 0.15) is 0 Å². The Balaban J connectivity index is 2.45. The van der Waals surface area contributed by atoms with Gasteiger partial charge in [-0.2, -0.15) is 0 Å². The van der Waals surface area contributed by atoms with Crippen LogP contribution in [-0.4, -0.2) is 14.9 Å². The van der Waals surface area contributed by atoms with Crippen molar-refractivity contribution in [3.8, 4) is 0 Å². The summed E-state index contributed by atoms with van der Waals surface area (Å²) in [6.07, 6.45) is 0. The third-order valence-corrected chi connectivity index (χ3v) is 5.35. The Morgan fingerprint density at radius 2 is 1.62 bits per heavy atom. The molecule has 3 heteroatoms. The molecule has 0 heterocycles. The molecule has 0 aliphatic carbocycles. The molecule has 0 aliphatic heterocycles. The average molecular weight is 302 g/mol. The van der Waals surface area contributed by atoms with Crippen LogP contribution in [0.15, 0.2) is 58.3 Å². The summed E-state index contributed by atoms with van der Waals surface area (Å²) >= 11 is 0. The van der Waals surface area contributed by atoms with Gasteiger partial charge >= 0.3 is 0 Å². The molecule has 0 saturated carbocycles. The second-order valence-electron chi connectivity index (χ2n) is 5.99. The molecule has 1 N–H and O–H groups in total. The first-order valence-corrected chi connectivity index (χ1v) is 8.25. The summed E-state index contributed by atoms with van der Waals surface area (Å²) in [5, 5.41) is 10.3. The molecule has 2 nitrogen and oxygen atoms in total. The molecular formula is C18H22O2S. The zero-order valence-corrected chi connectivity index (χ0v) is 13.8. The van der Waals surface area contributed by atoms with Crippen molar-refractivity contribution in [3.63, 3.8) is 0 Å². The highest BCUT2D eigenvalue weighted by molar-refractivity contribution is 7.85. The van der Waals surface area contributed by atoms with E-state index < -0.39 is 16.4 Å². The molecule has 0 aliphatic rings. The highest BCUT2D eigenvalue weighted by atomic mass is 32.2. The summed E-state index contributed by atoms with van der Waals surface area (Å²) in [7, 11) is -1.23.